The van der Waals surface area contributed by atoms with Gasteiger partial charge in [-0.25, -0.2) is 0 Å². The molecule has 1 unspecified atom stereocenters. The van der Waals surface area contributed by atoms with Crippen LogP contribution in [0, 0.1) is 0 Å². The van der Waals surface area contributed by atoms with E-state index in [1.54, 1.807) is 35.6 Å². The molecule has 2 aromatic heterocycles. The minimum Gasteiger partial charge on any atom is -0.317 e. The second-order valence-electron chi connectivity index (χ2n) is 3.39. The molecule has 0 fully saturated rings. The van der Waals surface area contributed by atoms with E-state index in [1.807, 2.05) is 0 Å². The van der Waals surface area contributed by atoms with Crippen LogP contribution in [-0.2, 0) is 7.05 Å². The fraction of sp³-hybridized carbons (Fsp3) is 0.200. The molecule has 0 aromatic carbocycles. The van der Waals surface area contributed by atoms with E-state index in [4.69, 9.17) is 17.3 Å². The molecule has 0 aliphatic heterocycles. The van der Waals surface area contributed by atoms with Crippen LogP contribution >= 0.6 is 22.9 Å². The van der Waals surface area contributed by atoms with E-state index in [0.29, 0.717) is 15.5 Å². The third kappa shape index (κ3) is 2.02. The fourth-order valence-electron chi connectivity index (χ4n) is 1.36. The van der Waals surface area contributed by atoms with Crippen molar-refractivity contribution in [1.82, 2.24) is 9.78 Å². The van der Waals surface area contributed by atoms with Gasteiger partial charge in [-0.2, -0.15) is 5.10 Å². The molecule has 0 radical (unpaired) electrons. The van der Waals surface area contributed by atoms with E-state index in [2.05, 4.69) is 5.10 Å². The highest BCUT2D eigenvalue weighted by Crippen LogP contribution is 2.26. The zero-order valence-electron chi connectivity index (χ0n) is 8.55. The number of Topliss-reactive ketones (excluding diaryl/α,β-unsaturated/α-hetero) is 1. The molecule has 0 spiro atoms. The molecule has 2 heterocycles. The van der Waals surface area contributed by atoms with Crippen LogP contribution < -0.4 is 5.73 Å². The Kier molecular flexibility index (Phi) is 3.09. The minimum absolute atomic E-state index is 0.173. The zero-order chi connectivity index (χ0) is 11.7. The molecule has 6 heteroatoms. The van der Waals surface area contributed by atoms with Gasteiger partial charge in [-0.3, -0.25) is 9.48 Å². The smallest absolute Gasteiger partial charge is 0.195 e. The maximum Gasteiger partial charge on any atom is 0.195 e. The van der Waals surface area contributed by atoms with Crippen molar-refractivity contribution in [2.75, 3.05) is 0 Å². The average Bonchev–Trinajstić information content (AvgIpc) is 2.85. The highest BCUT2D eigenvalue weighted by atomic mass is 35.5. The van der Waals surface area contributed by atoms with E-state index in [-0.39, 0.29) is 5.78 Å². The van der Waals surface area contributed by atoms with Gasteiger partial charge in [0, 0.05) is 18.8 Å². The van der Waals surface area contributed by atoms with Gasteiger partial charge in [0.15, 0.2) is 5.78 Å². The van der Waals surface area contributed by atoms with E-state index in [1.165, 1.54) is 11.3 Å². The molecule has 2 aromatic rings. The fourth-order valence-corrected chi connectivity index (χ4v) is 2.49. The van der Waals surface area contributed by atoms with Crippen molar-refractivity contribution in [2.45, 2.75) is 6.04 Å². The summed E-state index contributed by atoms with van der Waals surface area (Å²) < 4.78 is 1.61. The van der Waals surface area contributed by atoms with Crippen molar-refractivity contribution in [3.05, 3.63) is 39.3 Å². The summed E-state index contributed by atoms with van der Waals surface area (Å²) in [6.45, 7) is 0. The van der Waals surface area contributed by atoms with Crippen molar-refractivity contribution < 1.29 is 4.79 Å². The summed E-state index contributed by atoms with van der Waals surface area (Å²) in [7, 11) is 1.78. The highest BCUT2D eigenvalue weighted by molar-refractivity contribution is 7.12. The van der Waals surface area contributed by atoms with Crippen molar-refractivity contribution in [2.24, 2.45) is 12.8 Å². The Bertz CT molecular complexity index is 520. The summed E-state index contributed by atoms with van der Waals surface area (Å²) in [5, 5.41) is 6.20. The van der Waals surface area contributed by atoms with Crippen molar-refractivity contribution in [3.63, 3.8) is 0 Å². The van der Waals surface area contributed by atoms with Crippen LogP contribution in [0.15, 0.2) is 23.8 Å². The normalized spacial score (nSPS) is 12.7. The SMILES string of the molecule is Cn1cc(C(N)C(=O)c2sccc2Cl)cn1. The number of ketones is 1. The Morgan fingerprint density at radius 1 is 1.69 bits per heavy atom. The largest absolute Gasteiger partial charge is 0.317 e. The van der Waals surface area contributed by atoms with Crippen LogP contribution in [0.3, 0.4) is 0 Å². The van der Waals surface area contributed by atoms with E-state index in [0.717, 1.165) is 0 Å². The number of hydrogen-bond acceptors (Lipinski definition) is 4. The van der Waals surface area contributed by atoms with E-state index < -0.39 is 6.04 Å². The Balaban J connectivity index is 2.26. The number of nitrogens with zero attached hydrogens (tertiary/aromatic N) is 2. The number of rotatable bonds is 3. The van der Waals surface area contributed by atoms with Crippen LogP contribution in [0.25, 0.3) is 0 Å². The van der Waals surface area contributed by atoms with E-state index in [9.17, 15) is 4.79 Å². The van der Waals surface area contributed by atoms with E-state index >= 15 is 0 Å². The molecule has 0 aliphatic carbocycles. The molecular formula is C10H10ClN3OS. The quantitative estimate of drug-likeness (QED) is 0.854. The van der Waals surface area contributed by atoms with Gasteiger partial charge in [-0.05, 0) is 11.4 Å². The van der Waals surface area contributed by atoms with Crippen LogP contribution in [0.4, 0.5) is 0 Å². The molecule has 2 N–H and O–H groups in total. The molecule has 0 saturated heterocycles. The summed E-state index contributed by atoms with van der Waals surface area (Å²) >= 11 is 7.18. The first kappa shape index (κ1) is 11.3. The van der Waals surface area contributed by atoms with Gasteiger partial charge in [0.05, 0.1) is 22.1 Å². The van der Waals surface area contributed by atoms with Crippen molar-refractivity contribution in [1.29, 1.82) is 0 Å². The lowest BCUT2D eigenvalue weighted by atomic mass is 10.1. The summed E-state index contributed by atoms with van der Waals surface area (Å²) in [5.74, 6) is -0.173. The van der Waals surface area contributed by atoms with Crippen LogP contribution in [-0.4, -0.2) is 15.6 Å². The lowest BCUT2D eigenvalue weighted by molar-refractivity contribution is 0.0965. The van der Waals surface area contributed by atoms with Gasteiger partial charge in [-0.15, -0.1) is 11.3 Å². The predicted molar refractivity (Wildman–Crippen MR) is 63.8 cm³/mol. The lowest BCUT2D eigenvalue weighted by Gasteiger charge is -2.06. The molecule has 0 bridgehead atoms. The maximum atomic E-state index is 12.0. The van der Waals surface area contributed by atoms with Gasteiger partial charge in [0.25, 0.3) is 0 Å². The Morgan fingerprint density at radius 3 is 2.94 bits per heavy atom. The third-order valence-corrected chi connectivity index (χ3v) is 3.56. The number of aryl methyl sites for hydroxylation is 1. The predicted octanol–water partition coefficient (Wildman–Crippen LogP) is 2.02. The van der Waals surface area contributed by atoms with Gasteiger partial charge in [0.2, 0.25) is 0 Å². The van der Waals surface area contributed by atoms with Crippen LogP contribution in [0.1, 0.15) is 21.3 Å². The summed E-state index contributed by atoms with van der Waals surface area (Å²) in [5.41, 5.74) is 6.55. The van der Waals surface area contributed by atoms with Gasteiger partial charge in [-0.1, -0.05) is 11.6 Å². The molecule has 1 atom stereocenters. The third-order valence-electron chi connectivity index (χ3n) is 2.21. The first-order valence-corrected chi connectivity index (χ1v) is 5.86. The topological polar surface area (TPSA) is 60.9 Å². The van der Waals surface area contributed by atoms with Crippen LogP contribution in [0.5, 0.6) is 0 Å². The highest BCUT2D eigenvalue weighted by Gasteiger charge is 2.22. The molecule has 2 rings (SSSR count). The van der Waals surface area contributed by atoms with Gasteiger partial charge >= 0.3 is 0 Å². The van der Waals surface area contributed by atoms with Gasteiger partial charge < -0.3 is 5.73 Å². The Morgan fingerprint density at radius 2 is 2.44 bits per heavy atom. The summed E-state index contributed by atoms with van der Waals surface area (Å²) in [4.78, 5) is 12.5. The lowest BCUT2D eigenvalue weighted by Crippen LogP contribution is -2.20. The number of thiophene rings is 1. The minimum atomic E-state index is -0.704. The first-order chi connectivity index (χ1) is 7.59. The molecule has 0 aliphatic rings. The molecule has 0 amide bonds. The second-order valence-corrected chi connectivity index (χ2v) is 4.71. The maximum absolute atomic E-state index is 12.0. The zero-order valence-corrected chi connectivity index (χ0v) is 10.1. The number of aromatic nitrogens is 2. The molecule has 16 heavy (non-hydrogen) atoms. The molecule has 84 valence electrons. The number of carbonyl (C=O) groups is 1. The standard InChI is InChI=1S/C10H10ClN3OS/c1-14-5-6(4-13-14)8(12)9(15)10-7(11)2-3-16-10/h2-5,8H,12H2,1H3. The monoisotopic (exact) mass is 255 g/mol. The molecule has 0 saturated carbocycles. The molecular weight excluding hydrogens is 246 g/mol. The average molecular weight is 256 g/mol. The number of nitrogens with two attached hydrogens (primary N) is 1. The molecule has 4 nitrogen and oxygen atoms in total. The number of carbonyl (C=O) groups excluding carboxylic acids is 1. The summed E-state index contributed by atoms with van der Waals surface area (Å²) in [6, 6.07) is 0.986. The Hall–Kier alpha value is -1.17. The Labute approximate surface area is 102 Å². The second kappa shape index (κ2) is 4.37. The van der Waals surface area contributed by atoms with Crippen molar-refractivity contribution >= 4 is 28.7 Å². The van der Waals surface area contributed by atoms with Gasteiger partial charge in [0.1, 0.15) is 0 Å². The van der Waals surface area contributed by atoms with Crippen molar-refractivity contribution in [3.8, 4) is 0 Å². The number of halogens is 1. The first-order valence-electron chi connectivity index (χ1n) is 4.61. The van der Waals surface area contributed by atoms with Crippen LogP contribution in [0.2, 0.25) is 5.02 Å². The summed E-state index contributed by atoms with van der Waals surface area (Å²) in [6.07, 6.45) is 3.31. The number of hydrogen-bond donors (Lipinski definition) is 1.